The number of benzene rings is 1. The number of H-pyrrole nitrogens is 1. The number of amides is 1. The molecular weight excluding hydrogens is 276 g/mol. The summed E-state index contributed by atoms with van der Waals surface area (Å²) in [4.78, 5) is 27.0. The van der Waals surface area contributed by atoms with Gasteiger partial charge in [-0.3, -0.25) is 9.59 Å². The Morgan fingerprint density at radius 2 is 1.82 bits per heavy atom. The number of hydrogen-bond acceptors (Lipinski definition) is 2. The summed E-state index contributed by atoms with van der Waals surface area (Å²) in [7, 11) is 0. The molecule has 2 N–H and O–H groups in total. The molecule has 2 aromatic rings. The molecule has 1 heterocycles. The molecule has 0 spiro atoms. The van der Waals surface area contributed by atoms with Crippen LogP contribution in [0.15, 0.2) is 18.2 Å². The summed E-state index contributed by atoms with van der Waals surface area (Å²) in [5.41, 5.74) is 5.97. The van der Waals surface area contributed by atoms with Crippen LogP contribution in [0.1, 0.15) is 55.7 Å². The summed E-state index contributed by atoms with van der Waals surface area (Å²) in [6.45, 7) is 9.67. The van der Waals surface area contributed by atoms with E-state index in [9.17, 15) is 9.59 Å². The summed E-state index contributed by atoms with van der Waals surface area (Å²) < 4.78 is 0. The maximum absolute atomic E-state index is 12.4. The Morgan fingerprint density at radius 3 is 2.36 bits per heavy atom. The number of rotatable bonds is 4. The molecule has 22 heavy (non-hydrogen) atoms. The van der Waals surface area contributed by atoms with E-state index in [2.05, 4.69) is 16.4 Å². The zero-order chi connectivity index (χ0) is 16.4. The van der Waals surface area contributed by atoms with E-state index in [4.69, 9.17) is 0 Å². The van der Waals surface area contributed by atoms with E-state index in [0.717, 1.165) is 16.8 Å². The topological polar surface area (TPSA) is 62.0 Å². The monoisotopic (exact) mass is 298 g/mol. The van der Waals surface area contributed by atoms with Crippen LogP contribution in [0.25, 0.3) is 0 Å². The third-order valence-electron chi connectivity index (χ3n) is 3.95. The average molecular weight is 298 g/mol. The number of carbonyl (C=O) groups excluding carboxylic acids is 2. The fourth-order valence-corrected chi connectivity index (χ4v) is 2.81. The maximum atomic E-state index is 12.4. The molecule has 0 fully saturated rings. The highest BCUT2D eigenvalue weighted by Crippen LogP contribution is 2.18. The van der Waals surface area contributed by atoms with Crippen molar-refractivity contribution in [3.63, 3.8) is 0 Å². The van der Waals surface area contributed by atoms with E-state index in [-0.39, 0.29) is 11.7 Å². The Hall–Kier alpha value is -2.36. The molecule has 0 saturated heterocycles. The van der Waals surface area contributed by atoms with Gasteiger partial charge in [0.15, 0.2) is 5.78 Å². The van der Waals surface area contributed by atoms with Crippen LogP contribution in [0.5, 0.6) is 0 Å². The lowest BCUT2D eigenvalue weighted by Crippen LogP contribution is -2.24. The molecule has 0 bridgehead atoms. The molecule has 0 atom stereocenters. The van der Waals surface area contributed by atoms with Gasteiger partial charge in [-0.2, -0.15) is 0 Å². The summed E-state index contributed by atoms with van der Waals surface area (Å²) in [6.07, 6.45) is 0. The van der Waals surface area contributed by atoms with Gasteiger partial charge >= 0.3 is 0 Å². The highest BCUT2D eigenvalue weighted by Gasteiger charge is 2.19. The molecule has 2 rings (SSSR count). The number of aryl methyl sites for hydroxylation is 3. The van der Waals surface area contributed by atoms with Gasteiger partial charge in [0.25, 0.3) is 5.91 Å². The molecule has 0 unspecified atom stereocenters. The average Bonchev–Trinajstić information content (AvgIpc) is 2.72. The third kappa shape index (κ3) is 3.11. The highest BCUT2D eigenvalue weighted by atomic mass is 16.2. The van der Waals surface area contributed by atoms with Crippen LogP contribution < -0.4 is 5.32 Å². The van der Waals surface area contributed by atoms with E-state index in [1.54, 1.807) is 6.92 Å². The van der Waals surface area contributed by atoms with Gasteiger partial charge in [-0.15, -0.1) is 0 Å². The summed E-state index contributed by atoms with van der Waals surface area (Å²) >= 11 is 0. The zero-order valence-corrected chi connectivity index (χ0v) is 13.8. The second-order valence-corrected chi connectivity index (χ2v) is 5.79. The van der Waals surface area contributed by atoms with Crippen LogP contribution in [0.4, 0.5) is 0 Å². The molecule has 1 aromatic heterocycles. The molecular formula is C18H22N2O2. The molecule has 0 aliphatic heterocycles. The van der Waals surface area contributed by atoms with E-state index in [0.29, 0.717) is 23.4 Å². The molecule has 0 radical (unpaired) electrons. The quantitative estimate of drug-likeness (QED) is 0.850. The molecule has 4 nitrogen and oxygen atoms in total. The molecule has 0 aliphatic rings. The molecule has 116 valence electrons. The predicted molar refractivity (Wildman–Crippen MR) is 87.4 cm³/mol. The van der Waals surface area contributed by atoms with Crippen molar-refractivity contribution in [3.8, 4) is 0 Å². The van der Waals surface area contributed by atoms with Crippen LogP contribution in [-0.4, -0.2) is 16.7 Å². The first-order valence-corrected chi connectivity index (χ1v) is 7.35. The van der Waals surface area contributed by atoms with Crippen molar-refractivity contribution in [1.82, 2.24) is 10.3 Å². The van der Waals surface area contributed by atoms with Crippen molar-refractivity contribution in [2.24, 2.45) is 0 Å². The number of nitrogens with one attached hydrogen (secondary N) is 2. The largest absolute Gasteiger partial charge is 0.354 e. The van der Waals surface area contributed by atoms with Gasteiger partial charge in [-0.1, -0.05) is 23.8 Å². The SMILES string of the molecule is CC(=O)c1c(C)[nH]c(C(=O)NCc2ccc(C)cc2C)c1C. The number of hydrogen-bond donors (Lipinski definition) is 2. The van der Waals surface area contributed by atoms with Crippen molar-refractivity contribution in [3.05, 3.63) is 57.4 Å². The van der Waals surface area contributed by atoms with E-state index < -0.39 is 0 Å². The summed E-state index contributed by atoms with van der Waals surface area (Å²) in [5.74, 6) is -0.215. The second-order valence-electron chi connectivity index (χ2n) is 5.79. The Morgan fingerprint density at radius 1 is 1.14 bits per heavy atom. The number of carbonyl (C=O) groups is 2. The fraction of sp³-hybridized carbons (Fsp3) is 0.333. The van der Waals surface area contributed by atoms with Gasteiger partial charge in [0.1, 0.15) is 5.69 Å². The minimum Gasteiger partial charge on any atom is -0.354 e. The Balaban J connectivity index is 2.16. The van der Waals surface area contributed by atoms with Crippen LogP contribution >= 0.6 is 0 Å². The highest BCUT2D eigenvalue weighted by molar-refractivity contribution is 6.02. The first kappa shape index (κ1) is 16.0. The molecule has 4 heteroatoms. The third-order valence-corrected chi connectivity index (χ3v) is 3.95. The minimum atomic E-state index is -0.187. The Kier molecular flexibility index (Phi) is 4.50. The van der Waals surface area contributed by atoms with Crippen LogP contribution in [0.2, 0.25) is 0 Å². The lowest BCUT2D eigenvalue weighted by atomic mass is 10.1. The Bertz CT molecular complexity index is 742. The van der Waals surface area contributed by atoms with Crippen molar-refractivity contribution in [2.45, 2.75) is 41.2 Å². The van der Waals surface area contributed by atoms with Crippen molar-refractivity contribution < 1.29 is 9.59 Å². The smallest absolute Gasteiger partial charge is 0.268 e. The Labute approximate surface area is 130 Å². The van der Waals surface area contributed by atoms with Gasteiger partial charge < -0.3 is 10.3 Å². The second kappa shape index (κ2) is 6.18. The number of Topliss-reactive ketones (excluding diaryl/α,β-unsaturated/α-hetero) is 1. The van der Waals surface area contributed by atoms with Gasteiger partial charge in [-0.05, 0) is 51.3 Å². The molecule has 0 saturated carbocycles. The number of aromatic nitrogens is 1. The summed E-state index contributed by atoms with van der Waals surface area (Å²) in [5, 5.41) is 2.91. The van der Waals surface area contributed by atoms with E-state index >= 15 is 0 Å². The van der Waals surface area contributed by atoms with Gasteiger partial charge in [-0.25, -0.2) is 0 Å². The minimum absolute atomic E-state index is 0.0281. The normalized spacial score (nSPS) is 10.6. The lowest BCUT2D eigenvalue weighted by molar-refractivity contribution is 0.0945. The van der Waals surface area contributed by atoms with Gasteiger partial charge in [0, 0.05) is 17.8 Å². The van der Waals surface area contributed by atoms with Crippen LogP contribution in [0, 0.1) is 27.7 Å². The number of aromatic amines is 1. The number of ketones is 1. The first-order chi connectivity index (χ1) is 10.3. The first-order valence-electron chi connectivity index (χ1n) is 7.35. The molecule has 1 amide bonds. The lowest BCUT2D eigenvalue weighted by Gasteiger charge is -2.09. The van der Waals surface area contributed by atoms with Crippen LogP contribution in [0.3, 0.4) is 0 Å². The standard InChI is InChI=1S/C18H22N2O2/c1-10-6-7-15(11(2)8-10)9-19-18(22)17-12(3)16(14(5)21)13(4)20-17/h6-8,20H,9H2,1-5H3,(H,19,22). The van der Waals surface area contributed by atoms with E-state index in [1.807, 2.05) is 32.9 Å². The van der Waals surface area contributed by atoms with Gasteiger partial charge in [0.05, 0.1) is 0 Å². The van der Waals surface area contributed by atoms with Crippen LogP contribution in [-0.2, 0) is 6.54 Å². The van der Waals surface area contributed by atoms with Crippen molar-refractivity contribution in [2.75, 3.05) is 0 Å². The fourth-order valence-electron chi connectivity index (χ4n) is 2.81. The van der Waals surface area contributed by atoms with E-state index in [1.165, 1.54) is 12.5 Å². The van der Waals surface area contributed by atoms with Crippen molar-refractivity contribution in [1.29, 1.82) is 0 Å². The zero-order valence-electron chi connectivity index (χ0n) is 13.8. The summed E-state index contributed by atoms with van der Waals surface area (Å²) in [6, 6.07) is 6.16. The maximum Gasteiger partial charge on any atom is 0.268 e. The van der Waals surface area contributed by atoms with Gasteiger partial charge in [0.2, 0.25) is 0 Å². The predicted octanol–water partition coefficient (Wildman–Crippen LogP) is 3.38. The molecule has 0 aliphatic carbocycles. The van der Waals surface area contributed by atoms with Crippen molar-refractivity contribution >= 4 is 11.7 Å². The molecule has 1 aromatic carbocycles.